The summed E-state index contributed by atoms with van der Waals surface area (Å²) in [5.41, 5.74) is 0. The van der Waals surface area contributed by atoms with Crippen LogP contribution in [0.3, 0.4) is 0 Å². The van der Waals surface area contributed by atoms with Crippen molar-refractivity contribution >= 4 is 23.9 Å². The van der Waals surface area contributed by atoms with Crippen molar-refractivity contribution in [3.8, 4) is 12.3 Å². The molecule has 0 N–H and O–H groups in total. The number of rotatable bonds is 7. The maximum Gasteiger partial charge on any atom is 0.364 e. The number of nitrogens with zero attached hydrogens (tertiary/aromatic N) is 1. The first-order chi connectivity index (χ1) is 12.9. The maximum atomic E-state index is 12.3. The summed E-state index contributed by atoms with van der Waals surface area (Å²) in [4.78, 5) is 46.6. The highest BCUT2D eigenvalue weighted by Gasteiger charge is 2.49. The Labute approximate surface area is 163 Å². The molecule has 0 saturated carbocycles. The Bertz CT molecular complexity index is 652. The van der Waals surface area contributed by atoms with Gasteiger partial charge in [0.2, 0.25) is 12.4 Å². The Morgan fingerprint density at radius 1 is 0.964 bits per heavy atom. The van der Waals surface area contributed by atoms with Gasteiger partial charge in [0, 0.05) is 20.8 Å². The first-order valence-corrected chi connectivity index (χ1v) is 8.53. The lowest BCUT2D eigenvalue weighted by atomic mass is 10.0. The van der Waals surface area contributed by atoms with Crippen LogP contribution < -0.4 is 0 Å². The zero-order valence-electron chi connectivity index (χ0n) is 16.6. The minimum absolute atomic E-state index is 0.0670. The van der Waals surface area contributed by atoms with Crippen LogP contribution in [-0.4, -0.2) is 86.8 Å². The van der Waals surface area contributed by atoms with Crippen LogP contribution in [0.2, 0.25) is 0 Å². The van der Waals surface area contributed by atoms with E-state index in [1.807, 2.05) is 0 Å². The fourth-order valence-corrected chi connectivity index (χ4v) is 2.63. The molecule has 28 heavy (non-hydrogen) atoms. The molecule has 4 atom stereocenters. The normalized spacial score (nSPS) is 24.4. The minimum atomic E-state index is -1.35. The van der Waals surface area contributed by atoms with Gasteiger partial charge < -0.3 is 28.2 Å². The highest BCUT2D eigenvalue weighted by atomic mass is 16.7. The monoisotopic (exact) mass is 400 g/mol. The number of quaternary nitrogens is 1. The van der Waals surface area contributed by atoms with E-state index in [1.54, 1.807) is 14.1 Å². The molecule has 0 spiro atoms. The van der Waals surface area contributed by atoms with Gasteiger partial charge in [0.15, 0.2) is 18.8 Å². The third-order valence-corrected chi connectivity index (χ3v) is 3.63. The van der Waals surface area contributed by atoms with Crippen molar-refractivity contribution in [3.63, 3.8) is 0 Å². The van der Waals surface area contributed by atoms with Gasteiger partial charge in [-0.2, -0.15) is 0 Å². The third kappa shape index (κ3) is 7.54. The molecule has 0 amide bonds. The van der Waals surface area contributed by atoms with E-state index in [-0.39, 0.29) is 17.6 Å². The molecule has 1 aliphatic heterocycles. The summed E-state index contributed by atoms with van der Waals surface area (Å²) in [6.45, 7) is 3.44. The Balaban J connectivity index is 3.01. The molecule has 0 aromatic rings. The topological polar surface area (TPSA) is 114 Å². The highest BCUT2D eigenvalue weighted by Crippen LogP contribution is 2.25. The molecule has 0 aromatic carbocycles. The van der Waals surface area contributed by atoms with Gasteiger partial charge in [0.05, 0.1) is 20.7 Å². The molecule has 0 aromatic heterocycles. The molecular weight excluding hydrogens is 374 g/mol. The lowest BCUT2D eigenvalue weighted by Crippen LogP contribution is -2.59. The molecule has 1 rings (SSSR count). The van der Waals surface area contributed by atoms with Gasteiger partial charge in [-0.1, -0.05) is 0 Å². The Morgan fingerprint density at radius 3 is 2.00 bits per heavy atom. The van der Waals surface area contributed by atoms with E-state index in [1.165, 1.54) is 6.92 Å². The van der Waals surface area contributed by atoms with E-state index < -0.39 is 48.5 Å². The molecule has 10 nitrogen and oxygen atoms in total. The lowest BCUT2D eigenvalue weighted by Gasteiger charge is -2.39. The first kappa shape index (κ1) is 23.4. The second-order valence-corrected chi connectivity index (χ2v) is 6.94. The van der Waals surface area contributed by atoms with Crippen LogP contribution >= 0.6 is 0 Å². The van der Waals surface area contributed by atoms with Crippen LogP contribution in [0, 0.1) is 12.3 Å². The number of carbonyl (C=O) groups excluding carboxylic acids is 4. The molecule has 1 aliphatic rings. The Morgan fingerprint density at radius 2 is 1.50 bits per heavy atom. The van der Waals surface area contributed by atoms with Crippen LogP contribution in [-0.2, 0) is 42.9 Å². The van der Waals surface area contributed by atoms with E-state index in [9.17, 15) is 19.2 Å². The van der Waals surface area contributed by atoms with Gasteiger partial charge in [0.25, 0.3) is 0 Å². The lowest BCUT2D eigenvalue weighted by molar-refractivity contribution is -0.875. The summed E-state index contributed by atoms with van der Waals surface area (Å²) in [5, 5.41) is 0. The van der Waals surface area contributed by atoms with E-state index in [4.69, 9.17) is 30.1 Å². The van der Waals surface area contributed by atoms with Gasteiger partial charge >= 0.3 is 23.9 Å². The van der Waals surface area contributed by atoms with Gasteiger partial charge in [-0.15, -0.1) is 6.42 Å². The molecule has 0 radical (unpaired) electrons. The van der Waals surface area contributed by atoms with Gasteiger partial charge in [0.1, 0.15) is 6.54 Å². The smallest absolute Gasteiger partial charge is 0.364 e. The molecule has 10 heteroatoms. The van der Waals surface area contributed by atoms with Crippen LogP contribution in [0.5, 0.6) is 0 Å². The Hall–Kier alpha value is -2.64. The quantitative estimate of drug-likeness (QED) is 0.239. The minimum Gasteiger partial charge on any atom is -0.456 e. The maximum absolute atomic E-state index is 12.3. The van der Waals surface area contributed by atoms with Crippen molar-refractivity contribution in [1.82, 2.24) is 0 Å². The average molecular weight is 400 g/mol. The zero-order valence-corrected chi connectivity index (χ0v) is 16.6. The molecule has 1 saturated heterocycles. The van der Waals surface area contributed by atoms with E-state index in [2.05, 4.69) is 5.92 Å². The van der Waals surface area contributed by atoms with E-state index in [0.717, 1.165) is 13.8 Å². The molecule has 156 valence electrons. The third-order valence-electron chi connectivity index (χ3n) is 3.63. The second kappa shape index (κ2) is 10.1. The fourth-order valence-electron chi connectivity index (χ4n) is 2.63. The number of esters is 4. The molecule has 1 unspecified atom stereocenters. The predicted molar refractivity (Wildman–Crippen MR) is 93.2 cm³/mol. The molecule has 0 aliphatic carbocycles. The largest absolute Gasteiger partial charge is 0.456 e. The molecule has 1 heterocycles. The van der Waals surface area contributed by atoms with Crippen molar-refractivity contribution in [1.29, 1.82) is 0 Å². The van der Waals surface area contributed by atoms with E-state index >= 15 is 0 Å². The number of hydrogen-bond donors (Lipinski definition) is 0. The van der Waals surface area contributed by atoms with Crippen molar-refractivity contribution in [2.75, 3.05) is 33.8 Å². The first-order valence-electron chi connectivity index (χ1n) is 8.53. The number of carbonyl (C=O) groups is 4. The zero-order chi connectivity index (χ0) is 21.5. The number of likely N-dealkylation sites (N-methyl/N-ethyl adjacent to an activating group) is 1. The van der Waals surface area contributed by atoms with Crippen LogP contribution in [0.1, 0.15) is 20.8 Å². The summed E-state index contributed by atoms with van der Waals surface area (Å²) in [5.74, 6) is -0.257. The summed E-state index contributed by atoms with van der Waals surface area (Å²) in [6, 6.07) is 0. The summed E-state index contributed by atoms with van der Waals surface area (Å²) in [7, 11) is 3.48. The SMILES string of the molecule is C#CC[N+](C)(C)CC(=O)OC1OC[C@H](OC(C)=O)[C@H](OC(C)=O)[C@H]1OC(C)=O. The van der Waals surface area contributed by atoms with Crippen molar-refractivity contribution < 1.29 is 47.3 Å². The fraction of sp³-hybridized carbons (Fsp3) is 0.667. The van der Waals surface area contributed by atoms with Gasteiger partial charge in [-0.05, 0) is 5.92 Å². The van der Waals surface area contributed by atoms with Crippen molar-refractivity contribution in [2.45, 2.75) is 45.4 Å². The summed E-state index contributed by atoms with van der Waals surface area (Å²) in [6.07, 6.45) is 0.383. The van der Waals surface area contributed by atoms with Crippen molar-refractivity contribution in [2.24, 2.45) is 0 Å². The number of terminal acetylenes is 1. The van der Waals surface area contributed by atoms with Gasteiger partial charge in [-0.25, -0.2) is 4.79 Å². The summed E-state index contributed by atoms with van der Waals surface area (Å²) >= 11 is 0. The van der Waals surface area contributed by atoms with Gasteiger partial charge in [-0.3, -0.25) is 14.4 Å². The average Bonchev–Trinajstić information content (AvgIpc) is 2.50. The predicted octanol–water partition coefficient (Wildman–Crippen LogP) is -0.609. The van der Waals surface area contributed by atoms with Crippen LogP contribution in [0.4, 0.5) is 0 Å². The number of ether oxygens (including phenoxy) is 5. The van der Waals surface area contributed by atoms with Crippen molar-refractivity contribution in [3.05, 3.63) is 0 Å². The number of hydrogen-bond acceptors (Lipinski definition) is 9. The van der Waals surface area contributed by atoms with E-state index in [0.29, 0.717) is 6.54 Å². The molecular formula is C18H26NO9+. The molecule has 1 fully saturated rings. The summed E-state index contributed by atoms with van der Waals surface area (Å²) < 4.78 is 26.3. The highest BCUT2D eigenvalue weighted by molar-refractivity contribution is 5.71. The standard InChI is InChI=1S/C18H26NO9/c1-7-8-19(5,6)9-15(23)28-18-17(27-13(4)22)16(26-12(3)21)14(10-24-18)25-11(2)20/h1,14,16-18H,8-10H2,2-6H3/q+1/t14-,16-,17+,18?/m0/s1. The van der Waals surface area contributed by atoms with Crippen LogP contribution in [0.25, 0.3) is 0 Å². The van der Waals surface area contributed by atoms with Crippen LogP contribution in [0.15, 0.2) is 0 Å². The Kier molecular flexibility index (Phi) is 8.40. The second-order valence-electron chi connectivity index (χ2n) is 6.94. The molecule has 0 bridgehead atoms.